The molecule has 128 valence electrons. The average molecular weight is 347 g/mol. The molecule has 0 saturated heterocycles. The van der Waals surface area contributed by atoms with Crippen LogP contribution in [0.15, 0.2) is 6.33 Å². The molecule has 2 unspecified atom stereocenters. The molecular formula is C15H21N7OS. The minimum Gasteiger partial charge on any atom is -0.356 e. The van der Waals surface area contributed by atoms with Crippen molar-refractivity contribution in [3.8, 4) is 0 Å². The van der Waals surface area contributed by atoms with E-state index in [0.29, 0.717) is 22.5 Å². The molecule has 2 atom stereocenters. The Bertz CT molecular complexity index is 732. The van der Waals surface area contributed by atoms with Crippen LogP contribution in [-0.4, -0.2) is 32.1 Å². The number of carbonyl (C=O) groups excluding carboxylic acids is 1. The van der Waals surface area contributed by atoms with E-state index < -0.39 is 0 Å². The van der Waals surface area contributed by atoms with Crippen molar-refractivity contribution in [2.24, 2.45) is 5.92 Å². The van der Waals surface area contributed by atoms with E-state index in [0.717, 1.165) is 24.3 Å². The van der Waals surface area contributed by atoms with Crippen LogP contribution >= 0.6 is 11.3 Å². The highest BCUT2D eigenvalue weighted by molar-refractivity contribution is 7.15. The first-order valence-electron chi connectivity index (χ1n) is 8.14. The van der Waals surface area contributed by atoms with Crippen LogP contribution in [0.25, 0.3) is 0 Å². The van der Waals surface area contributed by atoms with Gasteiger partial charge in [0.15, 0.2) is 11.6 Å². The zero-order valence-corrected chi connectivity index (χ0v) is 14.8. The molecule has 8 nitrogen and oxygen atoms in total. The van der Waals surface area contributed by atoms with Crippen LogP contribution in [0, 0.1) is 5.92 Å². The van der Waals surface area contributed by atoms with Crippen LogP contribution in [0.5, 0.6) is 0 Å². The molecule has 1 aliphatic rings. The fourth-order valence-electron chi connectivity index (χ4n) is 2.48. The van der Waals surface area contributed by atoms with Gasteiger partial charge in [-0.05, 0) is 12.3 Å². The number of aromatic nitrogens is 4. The number of amides is 1. The van der Waals surface area contributed by atoms with E-state index in [1.54, 1.807) is 0 Å². The summed E-state index contributed by atoms with van der Waals surface area (Å²) in [5.41, 5.74) is 0.550. The summed E-state index contributed by atoms with van der Waals surface area (Å²) >= 11 is 1.49. The van der Waals surface area contributed by atoms with Gasteiger partial charge < -0.3 is 16.0 Å². The Morgan fingerprint density at radius 2 is 2.17 bits per heavy atom. The molecule has 3 heterocycles. The van der Waals surface area contributed by atoms with Crippen molar-refractivity contribution in [3.05, 3.63) is 11.3 Å². The number of nitrogens with zero attached hydrogens (tertiary/aromatic N) is 4. The van der Waals surface area contributed by atoms with Gasteiger partial charge in [-0.1, -0.05) is 38.5 Å². The van der Waals surface area contributed by atoms with Crippen LogP contribution in [-0.2, 0) is 11.2 Å². The highest BCUT2D eigenvalue weighted by atomic mass is 32.1. The number of rotatable bonds is 6. The maximum absolute atomic E-state index is 12.4. The van der Waals surface area contributed by atoms with Crippen molar-refractivity contribution in [3.63, 3.8) is 0 Å². The predicted molar refractivity (Wildman–Crippen MR) is 94.7 cm³/mol. The predicted octanol–water partition coefficient (Wildman–Crippen LogP) is 2.80. The topological polar surface area (TPSA) is 105 Å². The summed E-state index contributed by atoms with van der Waals surface area (Å²) < 4.78 is 0. The van der Waals surface area contributed by atoms with Crippen LogP contribution in [0.2, 0.25) is 0 Å². The van der Waals surface area contributed by atoms with Gasteiger partial charge in [-0.2, -0.15) is 0 Å². The van der Waals surface area contributed by atoms with Crippen LogP contribution < -0.4 is 16.0 Å². The second-order valence-electron chi connectivity index (χ2n) is 5.82. The molecule has 2 aromatic rings. The number of aryl methyl sites for hydroxylation is 1. The lowest BCUT2D eigenvalue weighted by Gasteiger charge is -2.30. The van der Waals surface area contributed by atoms with Gasteiger partial charge in [0.05, 0.1) is 0 Å². The lowest BCUT2D eigenvalue weighted by molar-refractivity contribution is -0.118. The molecule has 0 saturated carbocycles. The van der Waals surface area contributed by atoms with E-state index in [-0.39, 0.29) is 17.9 Å². The fourth-order valence-corrected chi connectivity index (χ4v) is 3.32. The van der Waals surface area contributed by atoms with Crippen LogP contribution in [0.4, 0.5) is 22.5 Å². The van der Waals surface area contributed by atoms with Gasteiger partial charge in [0.2, 0.25) is 11.0 Å². The lowest BCUT2D eigenvalue weighted by atomic mass is 9.97. The van der Waals surface area contributed by atoms with Crippen molar-refractivity contribution in [2.75, 3.05) is 16.0 Å². The number of carbonyl (C=O) groups is 1. The molecule has 0 aromatic carbocycles. The molecule has 1 amide bonds. The first kappa shape index (κ1) is 16.6. The molecule has 0 fully saturated rings. The highest BCUT2D eigenvalue weighted by Gasteiger charge is 2.31. The minimum atomic E-state index is -0.289. The van der Waals surface area contributed by atoms with Crippen molar-refractivity contribution in [2.45, 2.75) is 46.1 Å². The Hall–Kier alpha value is -2.29. The average Bonchev–Trinajstić information content (AvgIpc) is 3.02. The molecular weight excluding hydrogens is 326 g/mol. The van der Waals surface area contributed by atoms with Crippen molar-refractivity contribution in [1.82, 2.24) is 20.2 Å². The van der Waals surface area contributed by atoms with E-state index >= 15 is 0 Å². The van der Waals surface area contributed by atoms with Crippen LogP contribution in [0.3, 0.4) is 0 Å². The Kier molecular flexibility index (Phi) is 4.89. The summed E-state index contributed by atoms with van der Waals surface area (Å²) in [5.74, 6) is 1.28. The maximum Gasteiger partial charge on any atom is 0.247 e. The molecule has 0 aliphatic carbocycles. The van der Waals surface area contributed by atoms with E-state index in [1.807, 2.05) is 6.92 Å². The van der Waals surface area contributed by atoms with Gasteiger partial charge in [-0.15, -0.1) is 10.2 Å². The highest BCUT2D eigenvalue weighted by Crippen LogP contribution is 2.34. The number of nitrogens with one attached hydrogen (secondary N) is 3. The smallest absolute Gasteiger partial charge is 0.247 e. The van der Waals surface area contributed by atoms with Crippen LogP contribution in [0.1, 0.15) is 38.6 Å². The first-order chi connectivity index (χ1) is 11.6. The molecule has 1 aliphatic heterocycles. The molecule has 0 radical (unpaired) electrons. The minimum absolute atomic E-state index is 0.0707. The van der Waals surface area contributed by atoms with Crippen molar-refractivity contribution in [1.29, 1.82) is 0 Å². The van der Waals surface area contributed by atoms with Gasteiger partial charge >= 0.3 is 0 Å². The Morgan fingerprint density at radius 1 is 1.33 bits per heavy atom. The molecule has 24 heavy (non-hydrogen) atoms. The zero-order valence-electron chi connectivity index (χ0n) is 14.0. The lowest BCUT2D eigenvalue weighted by Crippen LogP contribution is -2.43. The molecule has 2 aromatic heterocycles. The Balaban J connectivity index is 1.83. The van der Waals surface area contributed by atoms with E-state index in [4.69, 9.17) is 0 Å². The summed E-state index contributed by atoms with van der Waals surface area (Å²) in [6, 6.07) is -0.289. The van der Waals surface area contributed by atoms with Gasteiger partial charge in [0.25, 0.3) is 0 Å². The Morgan fingerprint density at radius 3 is 2.92 bits per heavy atom. The third-order valence-electron chi connectivity index (χ3n) is 4.04. The number of fused-ring (bicyclic) bond motifs is 1. The third kappa shape index (κ3) is 3.30. The number of anilines is 4. The van der Waals surface area contributed by atoms with Gasteiger partial charge in [-0.3, -0.25) is 4.79 Å². The maximum atomic E-state index is 12.4. The summed E-state index contributed by atoms with van der Waals surface area (Å²) in [7, 11) is 0. The molecule has 3 N–H and O–H groups in total. The third-order valence-corrected chi connectivity index (χ3v) is 4.94. The summed E-state index contributed by atoms with van der Waals surface area (Å²) in [5, 5.41) is 19.1. The van der Waals surface area contributed by atoms with E-state index in [9.17, 15) is 4.79 Å². The molecule has 3 rings (SSSR count). The zero-order chi connectivity index (χ0) is 17.1. The quantitative estimate of drug-likeness (QED) is 0.738. The second-order valence-corrected chi connectivity index (χ2v) is 6.88. The molecule has 0 spiro atoms. The monoisotopic (exact) mass is 347 g/mol. The van der Waals surface area contributed by atoms with Crippen molar-refractivity contribution < 1.29 is 4.79 Å². The van der Waals surface area contributed by atoms with Crippen molar-refractivity contribution >= 4 is 39.7 Å². The SMILES string of the molecule is CCCc1nnc(Nc2ncnc3c2NC(=O)C(C(C)CC)N3)s1. The molecule has 0 bridgehead atoms. The number of hydrogen-bond acceptors (Lipinski definition) is 8. The summed E-state index contributed by atoms with van der Waals surface area (Å²) in [6.07, 6.45) is 4.29. The van der Waals surface area contributed by atoms with E-state index in [1.165, 1.54) is 17.7 Å². The summed E-state index contributed by atoms with van der Waals surface area (Å²) in [6.45, 7) is 6.20. The van der Waals surface area contributed by atoms with Gasteiger partial charge in [0.1, 0.15) is 23.1 Å². The standard InChI is InChI=1S/C15H21N7OS/c1-4-6-9-21-22-15(24-9)20-13-11-12(16-7-17-13)18-10(8(3)5-2)14(23)19-11/h7-8,10H,4-6H2,1-3H3,(H,19,23)(H2,16,17,18,20,22). The largest absolute Gasteiger partial charge is 0.356 e. The Labute approximate surface area is 144 Å². The molecule has 9 heteroatoms. The normalized spacial score (nSPS) is 17.6. The summed E-state index contributed by atoms with van der Waals surface area (Å²) in [4.78, 5) is 20.8. The van der Waals surface area contributed by atoms with Gasteiger partial charge in [-0.25, -0.2) is 9.97 Å². The van der Waals surface area contributed by atoms with E-state index in [2.05, 4.69) is 50.0 Å². The first-order valence-corrected chi connectivity index (χ1v) is 8.95. The van der Waals surface area contributed by atoms with Gasteiger partial charge in [0, 0.05) is 6.42 Å². The number of hydrogen-bond donors (Lipinski definition) is 3. The fraction of sp³-hybridized carbons (Fsp3) is 0.533. The second kappa shape index (κ2) is 7.08.